The third-order valence-corrected chi connectivity index (χ3v) is 3.60. The Kier molecular flexibility index (Phi) is 7.06. The van der Waals surface area contributed by atoms with Crippen LogP contribution in [0.2, 0.25) is 19.6 Å². The summed E-state index contributed by atoms with van der Waals surface area (Å²) in [4.78, 5) is 0. The molecule has 0 spiro atoms. The topological polar surface area (TPSA) is 12.0 Å². The maximum atomic E-state index is 3.36. The van der Waals surface area contributed by atoms with Crippen LogP contribution in [0.25, 0.3) is 6.08 Å². The molecule has 0 atom stereocenters. The fraction of sp³-hybridized carbons (Fsp3) is 0.312. The van der Waals surface area contributed by atoms with Gasteiger partial charge in [0, 0.05) is 0 Å². The summed E-state index contributed by atoms with van der Waals surface area (Å²) in [5, 5.41) is 3.33. The summed E-state index contributed by atoms with van der Waals surface area (Å²) in [6.45, 7) is 7.68. The predicted octanol–water partition coefficient (Wildman–Crippen LogP) is 3.24. The van der Waals surface area contributed by atoms with E-state index in [1.165, 1.54) is 5.56 Å². The van der Waals surface area contributed by atoms with Crippen LogP contribution >= 0.6 is 0 Å². The molecule has 0 radical (unpaired) electrons. The van der Waals surface area contributed by atoms with Gasteiger partial charge in [0.25, 0.3) is 0 Å². The molecule has 1 N–H and O–H groups in total. The molecule has 1 aromatic carbocycles. The molecular formula is C16H21CrNSi. The number of hydrogen-bond donors (Lipinski definition) is 1. The Morgan fingerprint density at radius 3 is 2.58 bits per heavy atom. The van der Waals surface area contributed by atoms with Crippen LogP contribution in [0.1, 0.15) is 12.0 Å². The molecular weight excluding hydrogens is 286 g/mol. The van der Waals surface area contributed by atoms with Gasteiger partial charge in [0.2, 0.25) is 0 Å². The molecule has 0 aliphatic rings. The SMILES string of the molecule is C[Si](C)(C)C#CCCN[C](=[Cr])/C=C/c1ccccc1. The van der Waals surface area contributed by atoms with Crippen molar-refractivity contribution in [1.29, 1.82) is 0 Å². The van der Waals surface area contributed by atoms with E-state index in [0.717, 1.165) is 17.5 Å². The first-order valence-electron chi connectivity index (χ1n) is 6.48. The molecule has 0 saturated heterocycles. The minimum atomic E-state index is -1.21. The van der Waals surface area contributed by atoms with E-state index in [1.54, 1.807) is 0 Å². The first kappa shape index (κ1) is 16.2. The van der Waals surface area contributed by atoms with Crippen molar-refractivity contribution in [3.63, 3.8) is 0 Å². The van der Waals surface area contributed by atoms with Gasteiger partial charge in [-0.15, -0.1) is 0 Å². The van der Waals surface area contributed by atoms with Crippen LogP contribution in [0.5, 0.6) is 0 Å². The maximum absolute atomic E-state index is 3.36. The Hall–Kier alpha value is -0.901. The van der Waals surface area contributed by atoms with Crippen molar-refractivity contribution in [3.05, 3.63) is 42.0 Å². The summed E-state index contributed by atoms with van der Waals surface area (Å²) in [6, 6.07) is 10.3. The Labute approximate surface area is 126 Å². The molecule has 0 unspecified atom stereocenters. The number of rotatable bonds is 5. The van der Waals surface area contributed by atoms with E-state index in [9.17, 15) is 0 Å². The zero-order chi connectivity index (χ0) is 14.1. The van der Waals surface area contributed by atoms with Crippen LogP contribution in [0.15, 0.2) is 36.4 Å². The second kappa shape index (κ2) is 8.31. The van der Waals surface area contributed by atoms with Gasteiger partial charge >= 0.3 is 126 Å². The van der Waals surface area contributed by atoms with Crippen LogP contribution in [0, 0.1) is 11.5 Å². The van der Waals surface area contributed by atoms with Gasteiger partial charge in [-0.1, -0.05) is 0 Å². The van der Waals surface area contributed by atoms with Crippen molar-refractivity contribution < 1.29 is 15.9 Å². The number of nitrogens with one attached hydrogen (secondary N) is 1. The van der Waals surface area contributed by atoms with Gasteiger partial charge in [-0.05, 0) is 0 Å². The molecule has 1 nitrogen and oxygen atoms in total. The molecule has 1 rings (SSSR count). The molecule has 0 saturated carbocycles. The fourth-order valence-electron chi connectivity index (χ4n) is 1.37. The molecule has 0 aliphatic heterocycles. The van der Waals surface area contributed by atoms with Crippen LogP contribution in [-0.4, -0.2) is 19.1 Å². The molecule has 100 valence electrons. The minimum absolute atomic E-state index is 0.888. The van der Waals surface area contributed by atoms with Gasteiger partial charge < -0.3 is 0 Å². The summed E-state index contributed by atoms with van der Waals surface area (Å²) in [7, 11) is -1.21. The van der Waals surface area contributed by atoms with Crippen LogP contribution in [-0.2, 0) is 15.9 Å². The van der Waals surface area contributed by atoms with E-state index in [2.05, 4.69) is 76.6 Å². The number of hydrogen-bond acceptors (Lipinski definition) is 1. The summed E-state index contributed by atoms with van der Waals surface area (Å²) in [5.74, 6) is 3.25. The Morgan fingerprint density at radius 1 is 1.26 bits per heavy atom. The molecule has 3 heteroatoms. The summed E-state index contributed by atoms with van der Waals surface area (Å²) in [5.41, 5.74) is 4.57. The molecule has 1 aromatic rings. The van der Waals surface area contributed by atoms with Gasteiger partial charge in [0.15, 0.2) is 0 Å². The molecule has 0 fully saturated rings. The van der Waals surface area contributed by atoms with E-state index in [-0.39, 0.29) is 0 Å². The zero-order valence-corrected chi connectivity index (χ0v) is 14.1. The van der Waals surface area contributed by atoms with Crippen LogP contribution < -0.4 is 5.32 Å². The summed E-state index contributed by atoms with van der Waals surface area (Å²) >= 11 is 3.03. The van der Waals surface area contributed by atoms with E-state index >= 15 is 0 Å². The standard InChI is InChI=1S/C16H21NSi.Cr/c1-18(2,3)15-8-7-13-17-14-9-12-16-10-5-4-6-11-16;/h4-6,9-12,17H,7,13H2,1-3H3;/b12-9+;. The van der Waals surface area contributed by atoms with E-state index in [0.29, 0.717) is 0 Å². The van der Waals surface area contributed by atoms with Crippen molar-refractivity contribution in [1.82, 2.24) is 5.32 Å². The van der Waals surface area contributed by atoms with Gasteiger partial charge in [-0.2, -0.15) is 0 Å². The Balaban J connectivity index is 2.29. The van der Waals surface area contributed by atoms with Crippen molar-refractivity contribution in [2.45, 2.75) is 26.1 Å². The molecule has 0 amide bonds. The predicted molar refractivity (Wildman–Crippen MR) is 84.2 cm³/mol. The first-order chi connectivity index (χ1) is 8.97. The zero-order valence-electron chi connectivity index (χ0n) is 11.9. The average Bonchev–Trinajstić information content (AvgIpc) is 2.36. The van der Waals surface area contributed by atoms with Crippen LogP contribution in [0.4, 0.5) is 0 Å². The van der Waals surface area contributed by atoms with E-state index in [1.807, 2.05) is 18.2 Å². The summed E-state index contributed by atoms with van der Waals surface area (Å²) < 4.78 is 1.05. The quantitative estimate of drug-likeness (QED) is 0.500. The van der Waals surface area contributed by atoms with E-state index in [4.69, 9.17) is 0 Å². The molecule has 0 aromatic heterocycles. The molecule has 0 aliphatic carbocycles. The molecule has 19 heavy (non-hydrogen) atoms. The third kappa shape index (κ3) is 8.76. The average molecular weight is 307 g/mol. The van der Waals surface area contributed by atoms with Crippen LogP contribution in [0.3, 0.4) is 0 Å². The van der Waals surface area contributed by atoms with Gasteiger partial charge in [0.05, 0.1) is 0 Å². The van der Waals surface area contributed by atoms with Crippen molar-refractivity contribution >= 4 is 18.7 Å². The normalized spacial score (nSPS) is 11.1. The fourth-order valence-corrected chi connectivity index (χ4v) is 2.29. The summed E-state index contributed by atoms with van der Waals surface area (Å²) in [6.07, 6.45) is 5.04. The van der Waals surface area contributed by atoms with Gasteiger partial charge in [-0.3, -0.25) is 0 Å². The Bertz CT molecular complexity index is 489. The molecule has 0 bridgehead atoms. The van der Waals surface area contributed by atoms with Crippen molar-refractivity contribution in [2.24, 2.45) is 0 Å². The van der Waals surface area contributed by atoms with Crippen molar-refractivity contribution in [3.8, 4) is 11.5 Å². The Morgan fingerprint density at radius 2 is 1.95 bits per heavy atom. The van der Waals surface area contributed by atoms with Crippen molar-refractivity contribution in [2.75, 3.05) is 6.54 Å². The second-order valence-corrected chi connectivity index (χ2v) is 10.8. The van der Waals surface area contributed by atoms with Gasteiger partial charge in [-0.25, -0.2) is 0 Å². The first-order valence-corrected chi connectivity index (χ1v) is 10.6. The van der Waals surface area contributed by atoms with Gasteiger partial charge in [0.1, 0.15) is 0 Å². The monoisotopic (exact) mass is 307 g/mol. The molecule has 0 heterocycles. The number of benzene rings is 1. The second-order valence-electron chi connectivity index (χ2n) is 5.34. The third-order valence-electron chi connectivity index (χ3n) is 2.24. The van der Waals surface area contributed by atoms with E-state index < -0.39 is 8.07 Å².